The maximum atomic E-state index is 10.9. The van der Waals surface area contributed by atoms with Gasteiger partial charge in [0, 0.05) is 6.20 Å². The van der Waals surface area contributed by atoms with Crippen molar-refractivity contribution in [1.29, 1.82) is 0 Å². The van der Waals surface area contributed by atoms with Crippen LogP contribution in [-0.2, 0) is 4.74 Å². The van der Waals surface area contributed by atoms with Gasteiger partial charge in [-0.3, -0.25) is 0 Å². The molecule has 0 aliphatic carbocycles. The summed E-state index contributed by atoms with van der Waals surface area (Å²) in [4.78, 5) is 18.3. The van der Waals surface area contributed by atoms with Crippen molar-refractivity contribution < 1.29 is 19.4 Å². The van der Waals surface area contributed by atoms with Crippen LogP contribution < -0.4 is 4.74 Å². The number of para-hydroxylation sites is 1. The van der Waals surface area contributed by atoms with Crippen molar-refractivity contribution in [3.05, 3.63) is 78.9 Å². The zero-order valence-electron chi connectivity index (χ0n) is 13.7. The summed E-state index contributed by atoms with van der Waals surface area (Å²) in [6, 6.07) is 17.7. The van der Waals surface area contributed by atoms with Crippen LogP contribution >= 0.6 is 0 Å². The molecule has 0 spiro atoms. The molecule has 0 saturated heterocycles. The molecule has 1 heterocycles. The Labute approximate surface area is 145 Å². The first-order chi connectivity index (χ1) is 12.2. The molecule has 1 N–H and O–H groups in total. The Morgan fingerprint density at radius 3 is 2.28 bits per heavy atom. The molecular weight excluding hydrogens is 320 g/mol. The van der Waals surface area contributed by atoms with Gasteiger partial charge in [-0.1, -0.05) is 18.2 Å². The lowest BCUT2D eigenvalue weighted by atomic mass is 10.3. The maximum absolute atomic E-state index is 10.9. The third-order valence-electron chi connectivity index (χ3n) is 2.88. The van der Waals surface area contributed by atoms with E-state index >= 15 is 0 Å². The zero-order valence-corrected chi connectivity index (χ0v) is 13.7. The number of nitrogens with zero attached hydrogens (tertiary/aromatic N) is 2. The first-order valence-corrected chi connectivity index (χ1v) is 7.64. The minimum absolute atomic E-state index is 0.241. The Morgan fingerprint density at radius 2 is 1.68 bits per heavy atom. The number of ether oxygens (including phenoxy) is 2. The van der Waals surface area contributed by atoms with E-state index in [9.17, 15) is 4.79 Å². The number of aromatic nitrogens is 2. The second-order valence-corrected chi connectivity index (χ2v) is 4.72. The standard InChI is InChI=1S/C12H10O2.C7H8N2O2/c13-10-6-8-12(9-7-10)14-11-4-2-1-3-5-11;1-2-11-7(10)6-3-4-8-5-9-6/h1-9,13H;3-5H,2H2,1H3. The third kappa shape index (κ3) is 6.31. The molecule has 3 rings (SSSR count). The number of hydrogen-bond acceptors (Lipinski definition) is 6. The van der Waals surface area contributed by atoms with Gasteiger partial charge >= 0.3 is 5.97 Å². The largest absolute Gasteiger partial charge is 0.508 e. The Hall–Kier alpha value is -3.41. The second kappa shape index (κ2) is 9.67. The van der Waals surface area contributed by atoms with E-state index in [2.05, 4.69) is 9.97 Å². The first kappa shape index (κ1) is 17.9. The normalized spacial score (nSPS) is 9.48. The summed E-state index contributed by atoms with van der Waals surface area (Å²) >= 11 is 0. The van der Waals surface area contributed by atoms with Crippen LogP contribution in [0.2, 0.25) is 0 Å². The molecule has 2 aromatic carbocycles. The number of hydrogen-bond donors (Lipinski definition) is 1. The van der Waals surface area contributed by atoms with Crippen molar-refractivity contribution in [3.63, 3.8) is 0 Å². The van der Waals surface area contributed by atoms with Crippen LogP contribution in [0.25, 0.3) is 0 Å². The summed E-state index contributed by atoms with van der Waals surface area (Å²) in [6.45, 7) is 2.11. The van der Waals surface area contributed by atoms with E-state index in [1.165, 1.54) is 18.6 Å². The van der Waals surface area contributed by atoms with Crippen molar-refractivity contribution in [3.8, 4) is 17.2 Å². The maximum Gasteiger partial charge on any atom is 0.357 e. The minimum atomic E-state index is -0.407. The fourth-order valence-electron chi connectivity index (χ4n) is 1.76. The van der Waals surface area contributed by atoms with Gasteiger partial charge in [0.15, 0.2) is 5.69 Å². The zero-order chi connectivity index (χ0) is 17.9. The summed E-state index contributed by atoms with van der Waals surface area (Å²) in [7, 11) is 0. The second-order valence-electron chi connectivity index (χ2n) is 4.72. The quantitative estimate of drug-likeness (QED) is 0.728. The van der Waals surface area contributed by atoms with E-state index in [0.29, 0.717) is 18.1 Å². The van der Waals surface area contributed by atoms with Gasteiger partial charge in [0.1, 0.15) is 23.6 Å². The highest BCUT2D eigenvalue weighted by atomic mass is 16.5. The molecule has 0 aliphatic heterocycles. The average Bonchev–Trinajstić information content (AvgIpc) is 2.66. The monoisotopic (exact) mass is 338 g/mol. The van der Waals surface area contributed by atoms with Crippen LogP contribution in [0.1, 0.15) is 17.4 Å². The summed E-state index contributed by atoms with van der Waals surface area (Å²) in [5.74, 6) is 1.34. The molecule has 0 radical (unpaired) electrons. The van der Waals surface area contributed by atoms with Crippen LogP contribution in [-0.4, -0.2) is 27.7 Å². The molecule has 0 saturated carbocycles. The van der Waals surface area contributed by atoms with Crippen molar-refractivity contribution >= 4 is 5.97 Å². The molecule has 0 unspecified atom stereocenters. The molecular formula is C19H18N2O4. The average molecular weight is 338 g/mol. The van der Waals surface area contributed by atoms with Gasteiger partial charge in [0.2, 0.25) is 0 Å². The van der Waals surface area contributed by atoms with Crippen LogP contribution in [0.4, 0.5) is 0 Å². The lowest BCUT2D eigenvalue weighted by Crippen LogP contribution is -2.06. The molecule has 0 amide bonds. The van der Waals surface area contributed by atoms with E-state index < -0.39 is 5.97 Å². The van der Waals surface area contributed by atoms with Gasteiger partial charge in [0.25, 0.3) is 0 Å². The SMILES string of the molecule is CCOC(=O)c1ccncn1.Oc1ccc(Oc2ccccc2)cc1. The van der Waals surface area contributed by atoms with Gasteiger partial charge in [-0.25, -0.2) is 14.8 Å². The molecule has 6 nitrogen and oxygen atoms in total. The van der Waals surface area contributed by atoms with Crippen LogP contribution in [0.15, 0.2) is 73.2 Å². The molecule has 3 aromatic rings. The molecule has 6 heteroatoms. The van der Waals surface area contributed by atoms with Gasteiger partial charge in [-0.05, 0) is 49.4 Å². The topological polar surface area (TPSA) is 81.5 Å². The Bertz CT molecular complexity index is 762. The number of phenols is 1. The molecule has 0 fully saturated rings. The summed E-state index contributed by atoms with van der Waals surface area (Å²) < 4.78 is 10.2. The summed E-state index contributed by atoms with van der Waals surface area (Å²) in [5, 5.41) is 9.07. The van der Waals surface area contributed by atoms with Crippen molar-refractivity contribution in [2.24, 2.45) is 0 Å². The van der Waals surface area contributed by atoms with Gasteiger partial charge < -0.3 is 14.6 Å². The van der Waals surface area contributed by atoms with E-state index in [1.807, 2.05) is 30.3 Å². The molecule has 128 valence electrons. The van der Waals surface area contributed by atoms with E-state index in [4.69, 9.17) is 14.6 Å². The van der Waals surface area contributed by atoms with Crippen LogP contribution in [0.5, 0.6) is 17.2 Å². The summed E-state index contributed by atoms with van der Waals surface area (Å²) in [5.41, 5.74) is 0.293. The van der Waals surface area contributed by atoms with E-state index in [1.54, 1.807) is 31.2 Å². The number of carbonyl (C=O) groups excluding carboxylic acids is 1. The highest BCUT2D eigenvalue weighted by Crippen LogP contribution is 2.22. The van der Waals surface area contributed by atoms with Gasteiger partial charge in [-0.15, -0.1) is 0 Å². The lowest BCUT2D eigenvalue weighted by Gasteiger charge is -2.04. The number of phenolic OH excluding ortho intramolecular Hbond substituents is 1. The molecule has 0 bridgehead atoms. The number of benzene rings is 2. The van der Waals surface area contributed by atoms with Gasteiger partial charge in [0.05, 0.1) is 6.61 Å². The number of esters is 1. The summed E-state index contributed by atoms with van der Waals surface area (Å²) in [6.07, 6.45) is 2.81. The predicted octanol–water partition coefficient (Wildman–Crippen LogP) is 3.84. The van der Waals surface area contributed by atoms with E-state index in [-0.39, 0.29) is 5.75 Å². The van der Waals surface area contributed by atoms with Crippen LogP contribution in [0, 0.1) is 0 Å². The Kier molecular flexibility index (Phi) is 6.94. The number of carbonyl (C=O) groups is 1. The van der Waals surface area contributed by atoms with E-state index in [0.717, 1.165) is 5.75 Å². The van der Waals surface area contributed by atoms with Crippen LogP contribution in [0.3, 0.4) is 0 Å². The molecule has 0 atom stereocenters. The number of aromatic hydroxyl groups is 1. The fourth-order valence-corrected chi connectivity index (χ4v) is 1.76. The fraction of sp³-hybridized carbons (Fsp3) is 0.105. The van der Waals surface area contributed by atoms with Crippen molar-refractivity contribution in [1.82, 2.24) is 9.97 Å². The Balaban J connectivity index is 0.000000186. The highest BCUT2D eigenvalue weighted by molar-refractivity contribution is 5.86. The molecule has 1 aromatic heterocycles. The van der Waals surface area contributed by atoms with Gasteiger partial charge in [-0.2, -0.15) is 0 Å². The number of rotatable bonds is 4. The Morgan fingerprint density at radius 1 is 1.00 bits per heavy atom. The first-order valence-electron chi connectivity index (χ1n) is 7.64. The predicted molar refractivity (Wildman–Crippen MR) is 92.6 cm³/mol. The third-order valence-corrected chi connectivity index (χ3v) is 2.88. The smallest absolute Gasteiger partial charge is 0.357 e. The minimum Gasteiger partial charge on any atom is -0.508 e. The van der Waals surface area contributed by atoms with Crippen molar-refractivity contribution in [2.75, 3.05) is 6.61 Å². The highest BCUT2D eigenvalue weighted by Gasteiger charge is 2.05. The molecule has 25 heavy (non-hydrogen) atoms. The lowest BCUT2D eigenvalue weighted by molar-refractivity contribution is 0.0519. The van der Waals surface area contributed by atoms with Crippen molar-refractivity contribution in [2.45, 2.75) is 6.92 Å². The molecule has 0 aliphatic rings.